The van der Waals surface area contributed by atoms with E-state index in [-0.39, 0.29) is 17.3 Å². The molecule has 0 heterocycles. The molecule has 1 unspecified atom stereocenters. The van der Waals surface area contributed by atoms with Crippen LogP contribution in [0.2, 0.25) is 0 Å². The van der Waals surface area contributed by atoms with Gasteiger partial charge in [-0.2, -0.15) is 0 Å². The Hall–Kier alpha value is -0.890. The van der Waals surface area contributed by atoms with Gasteiger partial charge in [0.05, 0.1) is 6.10 Å². The van der Waals surface area contributed by atoms with Gasteiger partial charge in [0.25, 0.3) is 0 Å². The van der Waals surface area contributed by atoms with E-state index in [0.29, 0.717) is 0 Å². The summed E-state index contributed by atoms with van der Waals surface area (Å²) in [6.07, 6.45) is 6.59. The molecule has 0 aliphatic heterocycles. The Kier molecular flexibility index (Phi) is 2.70. The van der Waals surface area contributed by atoms with Crippen LogP contribution in [0.1, 0.15) is 49.7 Å². The monoisotopic (exact) mass is 234 g/mol. The highest BCUT2D eigenvalue weighted by atomic mass is 19.1. The molecule has 1 nitrogen and oxygen atoms in total. The smallest absolute Gasteiger partial charge is 0.127 e. The average molecular weight is 234 g/mol. The molecule has 2 aliphatic carbocycles. The lowest BCUT2D eigenvalue weighted by Gasteiger charge is -2.45. The first kappa shape index (κ1) is 11.2. The van der Waals surface area contributed by atoms with Crippen LogP contribution in [0, 0.1) is 5.82 Å². The maximum absolute atomic E-state index is 14.2. The summed E-state index contributed by atoms with van der Waals surface area (Å²) in [6, 6.07) is 5.37. The van der Waals surface area contributed by atoms with Gasteiger partial charge in [-0.15, -0.1) is 0 Å². The molecule has 2 heteroatoms. The summed E-state index contributed by atoms with van der Waals surface area (Å²) < 4.78 is 14.2. The summed E-state index contributed by atoms with van der Waals surface area (Å²) in [5.74, 6) is -0.108. The second-order valence-electron chi connectivity index (χ2n) is 5.55. The van der Waals surface area contributed by atoms with E-state index in [1.54, 1.807) is 12.1 Å². The van der Waals surface area contributed by atoms with E-state index >= 15 is 0 Å². The Morgan fingerprint density at radius 1 is 1.18 bits per heavy atom. The lowest BCUT2D eigenvalue weighted by atomic mass is 9.61. The number of fused-ring (bicyclic) bond motifs is 2. The van der Waals surface area contributed by atoms with Crippen molar-refractivity contribution in [3.8, 4) is 0 Å². The largest absolute Gasteiger partial charge is 0.392 e. The van der Waals surface area contributed by atoms with Crippen molar-refractivity contribution in [2.24, 2.45) is 0 Å². The summed E-state index contributed by atoms with van der Waals surface area (Å²) in [5.41, 5.74) is 1.67. The number of hydrogen-bond acceptors (Lipinski definition) is 1. The summed E-state index contributed by atoms with van der Waals surface area (Å²) in [6.45, 7) is 0. The molecule has 1 spiro atoms. The molecule has 1 saturated carbocycles. The second kappa shape index (κ2) is 4.09. The molecule has 1 N–H and O–H groups in total. The maximum Gasteiger partial charge on any atom is 0.127 e. The van der Waals surface area contributed by atoms with Crippen molar-refractivity contribution in [2.75, 3.05) is 0 Å². The fourth-order valence-electron chi connectivity index (χ4n) is 3.84. The van der Waals surface area contributed by atoms with Crippen LogP contribution in [-0.4, -0.2) is 11.2 Å². The van der Waals surface area contributed by atoms with E-state index in [4.69, 9.17) is 0 Å². The van der Waals surface area contributed by atoms with Gasteiger partial charge in [-0.05, 0) is 42.9 Å². The lowest BCUT2D eigenvalue weighted by Crippen LogP contribution is -2.45. The van der Waals surface area contributed by atoms with Gasteiger partial charge >= 0.3 is 0 Å². The van der Waals surface area contributed by atoms with Crippen molar-refractivity contribution in [2.45, 2.75) is 56.5 Å². The molecule has 1 aromatic carbocycles. The van der Waals surface area contributed by atoms with E-state index in [0.717, 1.165) is 49.7 Å². The molecule has 0 amide bonds. The van der Waals surface area contributed by atoms with E-state index in [1.165, 1.54) is 6.42 Å². The van der Waals surface area contributed by atoms with Gasteiger partial charge in [0.1, 0.15) is 5.82 Å². The lowest BCUT2D eigenvalue weighted by molar-refractivity contribution is 0.0365. The standard InChI is InChI=1S/C15H19FO/c16-12-6-4-5-11-7-8-13(17)15(14(11)12)9-2-1-3-10-15/h4-6,13,17H,1-3,7-10H2. The van der Waals surface area contributed by atoms with Gasteiger partial charge < -0.3 is 5.11 Å². The summed E-state index contributed by atoms with van der Waals surface area (Å²) in [7, 11) is 0. The van der Waals surface area contributed by atoms with Crippen LogP contribution in [-0.2, 0) is 11.8 Å². The number of aryl methyl sites for hydroxylation is 1. The molecular weight excluding hydrogens is 215 g/mol. The Morgan fingerprint density at radius 2 is 1.94 bits per heavy atom. The topological polar surface area (TPSA) is 20.2 Å². The van der Waals surface area contributed by atoms with E-state index < -0.39 is 0 Å². The van der Waals surface area contributed by atoms with Crippen molar-refractivity contribution in [1.82, 2.24) is 0 Å². The van der Waals surface area contributed by atoms with Gasteiger partial charge in [0.2, 0.25) is 0 Å². The van der Waals surface area contributed by atoms with Gasteiger partial charge in [0, 0.05) is 5.41 Å². The molecule has 2 aliphatic rings. The molecule has 0 bridgehead atoms. The Balaban J connectivity index is 2.15. The maximum atomic E-state index is 14.2. The third-order valence-electron chi connectivity index (χ3n) is 4.67. The van der Waals surface area contributed by atoms with Gasteiger partial charge in [-0.1, -0.05) is 31.4 Å². The number of halogens is 1. The molecule has 1 atom stereocenters. The van der Waals surface area contributed by atoms with Crippen molar-refractivity contribution >= 4 is 0 Å². The van der Waals surface area contributed by atoms with Crippen molar-refractivity contribution in [3.63, 3.8) is 0 Å². The van der Waals surface area contributed by atoms with E-state index in [2.05, 4.69) is 0 Å². The van der Waals surface area contributed by atoms with Crippen LogP contribution >= 0.6 is 0 Å². The van der Waals surface area contributed by atoms with Crippen LogP contribution < -0.4 is 0 Å². The SMILES string of the molecule is OC1CCc2cccc(F)c2C12CCCCC2. The van der Waals surface area contributed by atoms with E-state index in [1.807, 2.05) is 6.07 Å². The summed E-state index contributed by atoms with van der Waals surface area (Å²) in [4.78, 5) is 0. The molecule has 0 saturated heterocycles. The van der Waals surface area contributed by atoms with Crippen molar-refractivity contribution < 1.29 is 9.50 Å². The van der Waals surface area contributed by atoms with Crippen molar-refractivity contribution in [1.29, 1.82) is 0 Å². The highest BCUT2D eigenvalue weighted by molar-refractivity contribution is 5.40. The van der Waals surface area contributed by atoms with E-state index in [9.17, 15) is 9.50 Å². The molecule has 17 heavy (non-hydrogen) atoms. The van der Waals surface area contributed by atoms with Crippen LogP contribution in [0.3, 0.4) is 0 Å². The third-order valence-corrected chi connectivity index (χ3v) is 4.67. The quantitative estimate of drug-likeness (QED) is 0.730. The molecular formula is C15H19FO. The van der Waals surface area contributed by atoms with Crippen LogP contribution in [0.4, 0.5) is 4.39 Å². The fraction of sp³-hybridized carbons (Fsp3) is 0.600. The van der Waals surface area contributed by atoms with Crippen LogP contribution in [0.15, 0.2) is 18.2 Å². The highest BCUT2D eigenvalue weighted by Gasteiger charge is 2.45. The molecule has 1 fully saturated rings. The Labute approximate surface area is 102 Å². The summed E-state index contributed by atoms with van der Waals surface area (Å²) in [5, 5.41) is 10.4. The Morgan fingerprint density at radius 3 is 2.71 bits per heavy atom. The van der Waals surface area contributed by atoms with Crippen molar-refractivity contribution in [3.05, 3.63) is 35.1 Å². The molecule has 1 aromatic rings. The third kappa shape index (κ3) is 1.61. The first-order valence-electron chi connectivity index (χ1n) is 6.70. The van der Waals surface area contributed by atoms with Gasteiger partial charge in [-0.3, -0.25) is 0 Å². The fourth-order valence-corrected chi connectivity index (χ4v) is 3.84. The minimum atomic E-state index is -0.354. The highest BCUT2D eigenvalue weighted by Crippen LogP contribution is 2.48. The predicted molar refractivity (Wildman–Crippen MR) is 65.5 cm³/mol. The zero-order valence-corrected chi connectivity index (χ0v) is 10.1. The molecule has 92 valence electrons. The Bertz CT molecular complexity index is 421. The van der Waals surface area contributed by atoms with Crippen LogP contribution in [0.5, 0.6) is 0 Å². The molecule has 3 rings (SSSR count). The number of benzene rings is 1. The first-order valence-corrected chi connectivity index (χ1v) is 6.70. The zero-order chi connectivity index (χ0) is 11.9. The number of hydrogen-bond donors (Lipinski definition) is 1. The molecule has 0 aromatic heterocycles. The van der Waals surface area contributed by atoms with Gasteiger partial charge in [0.15, 0.2) is 0 Å². The number of aliphatic hydroxyl groups excluding tert-OH is 1. The summed E-state index contributed by atoms with van der Waals surface area (Å²) >= 11 is 0. The number of aliphatic hydroxyl groups is 1. The number of rotatable bonds is 0. The van der Waals surface area contributed by atoms with Gasteiger partial charge in [-0.25, -0.2) is 4.39 Å². The van der Waals surface area contributed by atoms with Crippen LogP contribution in [0.25, 0.3) is 0 Å². The molecule has 0 radical (unpaired) electrons. The average Bonchev–Trinajstić information content (AvgIpc) is 2.35. The normalized spacial score (nSPS) is 26.8. The predicted octanol–water partition coefficient (Wildman–Crippen LogP) is 3.33. The minimum absolute atomic E-state index is 0.108. The minimum Gasteiger partial charge on any atom is -0.392 e. The first-order chi connectivity index (χ1) is 8.24. The zero-order valence-electron chi connectivity index (χ0n) is 10.1. The second-order valence-corrected chi connectivity index (χ2v) is 5.55.